The molecule has 0 heterocycles. The van der Waals surface area contributed by atoms with Gasteiger partial charge < -0.3 is 5.32 Å². The molecule has 2 rings (SSSR count). The maximum atomic E-state index is 6.19. The standard InChI is InChI=1S/C18H28ClN/c1-12(17(2,3)4)11-20-16-15-9-14(19)8-7-13(15)10-18(16,5)6/h7-9,12,16,20H,10-11H2,1-6H3. The number of benzene rings is 1. The molecule has 2 heteroatoms. The highest BCUT2D eigenvalue weighted by molar-refractivity contribution is 6.30. The minimum Gasteiger partial charge on any atom is -0.309 e. The van der Waals surface area contributed by atoms with Crippen LogP contribution in [0.2, 0.25) is 5.02 Å². The van der Waals surface area contributed by atoms with Gasteiger partial charge >= 0.3 is 0 Å². The van der Waals surface area contributed by atoms with Gasteiger partial charge in [0.15, 0.2) is 0 Å². The van der Waals surface area contributed by atoms with Gasteiger partial charge in [-0.1, -0.05) is 59.2 Å². The van der Waals surface area contributed by atoms with Crippen molar-refractivity contribution >= 4 is 11.6 Å². The molecule has 1 aromatic carbocycles. The first-order valence-corrected chi connectivity index (χ1v) is 8.01. The quantitative estimate of drug-likeness (QED) is 0.804. The molecule has 112 valence electrons. The fourth-order valence-corrected chi connectivity index (χ4v) is 3.18. The number of nitrogens with one attached hydrogen (secondary N) is 1. The molecular weight excluding hydrogens is 266 g/mol. The van der Waals surface area contributed by atoms with Gasteiger partial charge in [0.2, 0.25) is 0 Å². The van der Waals surface area contributed by atoms with Gasteiger partial charge in [0, 0.05) is 11.1 Å². The Bertz CT molecular complexity index is 485. The van der Waals surface area contributed by atoms with Crippen molar-refractivity contribution in [3.8, 4) is 0 Å². The number of hydrogen-bond donors (Lipinski definition) is 1. The number of fused-ring (bicyclic) bond motifs is 1. The van der Waals surface area contributed by atoms with Crippen molar-refractivity contribution in [3.05, 3.63) is 34.3 Å². The lowest BCUT2D eigenvalue weighted by Crippen LogP contribution is -2.37. The first kappa shape index (κ1) is 15.9. The second kappa shape index (κ2) is 5.35. The molecule has 2 atom stereocenters. The average Bonchev–Trinajstić information content (AvgIpc) is 2.54. The van der Waals surface area contributed by atoms with Crippen LogP contribution in [0.1, 0.15) is 58.7 Å². The molecule has 0 radical (unpaired) electrons. The molecule has 0 fully saturated rings. The van der Waals surface area contributed by atoms with Crippen LogP contribution in [-0.4, -0.2) is 6.54 Å². The fraction of sp³-hybridized carbons (Fsp3) is 0.667. The molecule has 1 N–H and O–H groups in total. The van der Waals surface area contributed by atoms with Crippen LogP contribution >= 0.6 is 11.6 Å². The summed E-state index contributed by atoms with van der Waals surface area (Å²) < 4.78 is 0. The molecule has 0 saturated heterocycles. The first-order valence-electron chi connectivity index (χ1n) is 7.63. The van der Waals surface area contributed by atoms with E-state index in [4.69, 9.17) is 11.6 Å². The first-order chi connectivity index (χ1) is 9.11. The van der Waals surface area contributed by atoms with E-state index in [-0.39, 0.29) is 5.41 Å². The molecule has 1 nitrogen and oxygen atoms in total. The minimum absolute atomic E-state index is 0.255. The van der Waals surface area contributed by atoms with Gasteiger partial charge in [0.1, 0.15) is 0 Å². The summed E-state index contributed by atoms with van der Waals surface area (Å²) in [4.78, 5) is 0. The van der Waals surface area contributed by atoms with Crippen molar-refractivity contribution in [2.75, 3.05) is 6.54 Å². The lowest BCUT2D eigenvalue weighted by atomic mass is 9.80. The topological polar surface area (TPSA) is 12.0 Å². The van der Waals surface area contributed by atoms with Gasteiger partial charge in [-0.25, -0.2) is 0 Å². The predicted molar refractivity (Wildman–Crippen MR) is 88.3 cm³/mol. The van der Waals surface area contributed by atoms with E-state index in [2.05, 4.69) is 59.0 Å². The molecule has 1 aromatic rings. The van der Waals surface area contributed by atoms with E-state index >= 15 is 0 Å². The summed E-state index contributed by atoms with van der Waals surface area (Å²) in [6, 6.07) is 6.75. The van der Waals surface area contributed by atoms with Crippen molar-refractivity contribution in [2.45, 2.75) is 54.0 Å². The van der Waals surface area contributed by atoms with Crippen LogP contribution in [0, 0.1) is 16.7 Å². The van der Waals surface area contributed by atoms with Crippen molar-refractivity contribution < 1.29 is 0 Å². The number of hydrogen-bond acceptors (Lipinski definition) is 1. The van der Waals surface area contributed by atoms with Crippen LogP contribution in [0.3, 0.4) is 0 Å². The number of halogens is 1. The van der Waals surface area contributed by atoms with Crippen molar-refractivity contribution in [2.24, 2.45) is 16.7 Å². The Morgan fingerprint density at radius 1 is 1.35 bits per heavy atom. The van der Waals surface area contributed by atoms with Crippen molar-refractivity contribution in [3.63, 3.8) is 0 Å². The van der Waals surface area contributed by atoms with Crippen molar-refractivity contribution in [1.29, 1.82) is 0 Å². The SMILES string of the molecule is CC(CNC1c2cc(Cl)ccc2CC1(C)C)C(C)(C)C. The third kappa shape index (κ3) is 3.20. The maximum Gasteiger partial charge on any atom is 0.0409 e. The van der Waals surface area contributed by atoms with Gasteiger partial charge in [0.25, 0.3) is 0 Å². The highest BCUT2D eigenvalue weighted by Crippen LogP contribution is 2.46. The van der Waals surface area contributed by atoms with Gasteiger partial charge in [0.05, 0.1) is 0 Å². The zero-order valence-electron chi connectivity index (χ0n) is 13.7. The van der Waals surface area contributed by atoms with E-state index < -0.39 is 0 Å². The summed E-state index contributed by atoms with van der Waals surface area (Å²) in [6.07, 6.45) is 1.13. The van der Waals surface area contributed by atoms with E-state index in [1.807, 2.05) is 6.07 Å². The molecular formula is C18H28ClN. The zero-order chi connectivity index (χ0) is 15.1. The summed E-state index contributed by atoms with van der Waals surface area (Å²) in [5, 5.41) is 4.65. The molecule has 0 aromatic heterocycles. The summed E-state index contributed by atoms with van der Waals surface area (Å²) in [7, 11) is 0. The van der Waals surface area contributed by atoms with Crippen LogP contribution in [0.25, 0.3) is 0 Å². The van der Waals surface area contributed by atoms with E-state index in [0.717, 1.165) is 18.0 Å². The second-order valence-electron chi connectivity index (χ2n) is 8.12. The minimum atomic E-state index is 0.255. The highest BCUT2D eigenvalue weighted by Gasteiger charge is 2.39. The molecule has 20 heavy (non-hydrogen) atoms. The van der Waals surface area contributed by atoms with Crippen LogP contribution in [0.5, 0.6) is 0 Å². The molecule has 0 amide bonds. The molecule has 0 bridgehead atoms. The zero-order valence-corrected chi connectivity index (χ0v) is 14.4. The van der Waals surface area contributed by atoms with E-state index in [0.29, 0.717) is 17.4 Å². The average molecular weight is 294 g/mol. The van der Waals surface area contributed by atoms with E-state index in [1.54, 1.807) is 0 Å². The van der Waals surface area contributed by atoms with Gasteiger partial charge in [-0.15, -0.1) is 0 Å². The summed E-state index contributed by atoms with van der Waals surface area (Å²) in [5.41, 5.74) is 3.43. The molecule has 0 saturated carbocycles. The van der Waals surface area contributed by atoms with Crippen LogP contribution in [-0.2, 0) is 6.42 Å². The lowest BCUT2D eigenvalue weighted by Gasteiger charge is -2.33. The Labute approximate surface area is 129 Å². The third-order valence-electron chi connectivity index (χ3n) is 4.95. The van der Waals surface area contributed by atoms with Crippen LogP contribution < -0.4 is 5.32 Å². The molecule has 1 aliphatic carbocycles. The molecule has 0 aliphatic heterocycles. The highest BCUT2D eigenvalue weighted by atomic mass is 35.5. The van der Waals surface area contributed by atoms with Gasteiger partial charge in [-0.2, -0.15) is 0 Å². The Hall–Kier alpha value is -0.530. The third-order valence-corrected chi connectivity index (χ3v) is 5.19. The predicted octanol–water partition coefficient (Wildman–Crippen LogP) is 5.24. The molecule has 1 aliphatic rings. The Balaban J connectivity index is 2.17. The fourth-order valence-electron chi connectivity index (χ4n) is 3.00. The normalized spacial score (nSPS) is 22.6. The van der Waals surface area contributed by atoms with E-state index in [9.17, 15) is 0 Å². The summed E-state index contributed by atoms with van der Waals surface area (Å²) in [6.45, 7) is 15.0. The second-order valence-corrected chi connectivity index (χ2v) is 8.55. The molecule has 0 spiro atoms. The van der Waals surface area contributed by atoms with E-state index in [1.165, 1.54) is 11.1 Å². The smallest absolute Gasteiger partial charge is 0.0409 e. The van der Waals surface area contributed by atoms with Crippen molar-refractivity contribution in [1.82, 2.24) is 5.32 Å². The summed E-state index contributed by atoms with van der Waals surface area (Å²) in [5.74, 6) is 0.640. The Morgan fingerprint density at radius 2 is 2.00 bits per heavy atom. The largest absolute Gasteiger partial charge is 0.309 e. The molecule has 2 unspecified atom stereocenters. The lowest BCUT2D eigenvalue weighted by molar-refractivity contribution is 0.209. The summed E-state index contributed by atoms with van der Waals surface area (Å²) >= 11 is 6.19. The van der Waals surface area contributed by atoms with Crippen LogP contribution in [0.4, 0.5) is 0 Å². The Kier molecular flexibility index (Phi) is 4.24. The number of rotatable bonds is 3. The van der Waals surface area contributed by atoms with Gasteiger partial charge in [-0.3, -0.25) is 0 Å². The Morgan fingerprint density at radius 3 is 2.60 bits per heavy atom. The van der Waals surface area contributed by atoms with Crippen LogP contribution in [0.15, 0.2) is 18.2 Å². The monoisotopic (exact) mass is 293 g/mol. The van der Waals surface area contributed by atoms with Gasteiger partial charge in [-0.05, 0) is 53.0 Å². The maximum absolute atomic E-state index is 6.19.